The third kappa shape index (κ3) is 4.80. The van der Waals surface area contributed by atoms with E-state index in [1.807, 2.05) is 18.2 Å². The molecule has 0 N–H and O–H groups in total. The van der Waals surface area contributed by atoms with E-state index in [1.54, 1.807) is 0 Å². The molecule has 1 aromatic carbocycles. The lowest BCUT2D eigenvalue weighted by molar-refractivity contribution is 0.0415. The molecule has 0 saturated carbocycles. The van der Waals surface area contributed by atoms with Gasteiger partial charge in [0.1, 0.15) is 11.9 Å². The summed E-state index contributed by atoms with van der Waals surface area (Å²) in [6.45, 7) is 18.8. The van der Waals surface area contributed by atoms with Crippen molar-refractivity contribution in [3.63, 3.8) is 0 Å². The van der Waals surface area contributed by atoms with E-state index in [0.717, 1.165) is 54.4 Å². The zero-order valence-corrected chi connectivity index (χ0v) is 16.2. The van der Waals surface area contributed by atoms with E-state index >= 15 is 0 Å². The van der Waals surface area contributed by atoms with Crippen LogP contribution in [0.5, 0.6) is 5.75 Å². The molecule has 0 aromatic heterocycles. The van der Waals surface area contributed by atoms with Crippen LogP contribution in [0, 0.1) is 0 Å². The lowest BCUT2D eigenvalue weighted by Crippen LogP contribution is -2.52. The molecule has 3 heteroatoms. The summed E-state index contributed by atoms with van der Waals surface area (Å²) >= 11 is 6.16. The van der Waals surface area contributed by atoms with Crippen molar-refractivity contribution in [2.45, 2.75) is 58.5 Å². The fourth-order valence-electron chi connectivity index (χ4n) is 2.98. The minimum Gasteiger partial charge on any atom is -0.486 e. The summed E-state index contributed by atoms with van der Waals surface area (Å²) in [5.74, 6) is 0.942. The van der Waals surface area contributed by atoms with Gasteiger partial charge in [-0.1, -0.05) is 64.4 Å². The molecule has 2 nitrogen and oxygen atoms in total. The van der Waals surface area contributed by atoms with Crippen molar-refractivity contribution >= 4 is 11.6 Å². The van der Waals surface area contributed by atoms with E-state index in [2.05, 4.69) is 45.8 Å². The molecule has 24 heavy (non-hydrogen) atoms. The quantitative estimate of drug-likeness (QED) is 0.564. The number of halogens is 1. The number of nitrogens with zero attached hydrogens (tertiary/aromatic N) is 1. The third-order valence-electron chi connectivity index (χ3n) is 4.40. The molecule has 1 heterocycles. The van der Waals surface area contributed by atoms with E-state index in [-0.39, 0.29) is 11.5 Å². The molecular formula is C21H30ClNO. The highest BCUT2D eigenvalue weighted by Gasteiger charge is 2.31. The zero-order chi connectivity index (χ0) is 17.9. The Kier molecular flexibility index (Phi) is 6.03. The van der Waals surface area contributed by atoms with E-state index in [1.165, 1.54) is 5.57 Å². The first-order chi connectivity index (χ1) is 11.2. The number of benzene rings is 1. The summed E-state index contributed by atoms with van der Waals surface area (Å²) in [4.78, 5) is 2.29. The highest BCUT2D eigenvalue weighted by atomic mass is 35.5. The van der Waals surface area contributed by atoms with Crippen LogP contribution in [0.25, 0.3) is 0 Å². The molecule has 1 fully saturated rings. The molecule has 1 aliphatic heterocycles. The molecule has 0 spiro atoms. The Labute approximate surface area is 152 Å². The first-order valence-electron chi connectivity index (χ1n) is 8.76. The molecular weight excluding hydrogens is 318 g/mol. The van der Waals surface area contributed by atoms with Gasteiger partial charge in [0.25, 0.3) is 0 Å². The second kappa shape index (κ2) is 7.65. The topological polar surface area (TPSA) is 12.5 Å². The normalized spacial score (nSPS) is 15.1. The number of ether oxygens (including phenoxy) is 1. The van der Waals surface area contributed by atoms with Gasteiger partial charge in [0.15, 0.2) is 0 Å². The van der Waals surface area contributed by atoms with Gasteiger partial charge in [0, 0.05) is 22.7 Å². The standard InChI is InChI=1S/C21H30ClNO/c1-7-8-15(2)11-16(3)23-13-18(14-23)24-20-10-9-17(22)12-19(20)21(4,5)6/h9-10,12,18H,2-3,7-8,11,13-14H2,1,4-6H3. The highest BCUT2D eigenvalue weighted by Crippen LogP contribution is 2.35. The minimum atomic E-state index is 0.00512. The molecule has 0 atom stereocenters. The van der Waals surface area contributed by atoms with Gasteiger partial charge in [0.2, 0.25) is 0 Å². The number of hydrogen-bond acceptors (Lipinski definition) is 2. The molecule has 0 radical (unpaired) electrons. The molecule has 1 aliphatic rings. The lowest BCUT2D eigenvalue weighted by Gasteiger charge is -2.42. The second-order valence-electron chi connectivity index (χ2n) is 7.78. The summed E-state index contributed by atoms with van der Waals surface area (Å²) in [5, 5.41) is 0.755. The molecule has 0 bridgehead atoms. The summed E-state index contributed by atoms with van der Waals surface area (Å²) < 4.78 is 6.23. The van der Waals surface area contributed by atoms with Crippen LogP contribution >= 0.6 is 11.6 Å². The smallest absolute Gasteiger partial charge is 0.133 e. The number of hydrogen-bond donors (Lipinski definition) is 0. The fourth-order valence-corrected chi connectivity index (χ4v) is 3.16. The molecule has 2 rings (SSSR count). The molecule has 132 valence electrons. The second-order valence-corrected chi connectivity index (χ2v) is 8.21. The van der Waals surface area contributed by atoms with Gasteiger partial charge in [-0.25, -0.2) is 0 Å². The summed E-state index contributed by atoms with van der Waals surface area (Å²) in [6.07, 6.45) is 3.33. The molecule has 0 unspecified atom stereocenters. The first-order valence-corrected chi connectivity index (χ1v) is 9.14. The fraction of sp³-hybridized carbons (Fsp3) is 0.524. The van der Waals surface area contributed by atoms with Gasteiger partial charge in [-0.3, -0.25) is 0 Å². The van der Waals surface area contributed by atoms with Crippen molar-refractivity contribution < 1.29 is 4.74 Å². The van der Waals surface area contributed by atoms with Gasteiger partial charge in [0.05, 0.1) is 13.1 Å². The van der Waals surface area contributed by atoms with Crippen LogP contribution in [0.3, 0.4) is 0 Å². The Morgan fingerprint density at radius 3 is 2.54 bits per heavy atom. The molecule has 0 aliphatic carbocycles. The maximum Gasteiger partial charge on any atom is 0.133 e. The van der Waals surface area contributed by atoms with Crippen LogP contribution in [-0.2, 0) is 5.41 Å². The van der Waals surface area contributed by atoms with Gasteiger partial charge >= 0.3 is 0 Å². The maximum atomic E-state index is 6.23. The van der Waals surface area contributed by atoms with Crippen molar-refractivity contribution in [1.82, 2.24) is 4.90 Å². The predicted octanol–water partition coefficient (Wildman–Crippen LogP) is 5.96. The summed E-state index contributed by atoms with van der Waals surface area (Å²) in [5.41, 5.74) is 3.58. The van der Waals surface area contributed by atoms with Crippen molar-refractivity contribution in [3.05, 3.63) is 53.2 Å². The van der Waals surface area contributed by atoms with Crippen LogP contribution in [0.4, 0.5) is 0 Å². The van der Waals surface area contributed by atoms with E-state index in [4.69, 9.17) is 16.3 Å². The average Bonchev–Trinajstić information content (AvgIpc) is 2.42. The van der Waals surface area contributed by atoms with Crippen LogP contribution in [0.15, 0.2) is 42.6 Å². The van der Waals surface area contributed by atoms with Gasteiger partial charge in [-0.2, -0.15) is 0 Å². The summed E-state index contributed by atoms with van der Waals surface area (Å²) in [7, 11) is 0. The number of rotatable bonds is 7. The van der Waals surface area contributed by atoms with Crippen molar-refractivity contribution in [2.24, 2.45) is 0 Å². The van der Waals surface area contributed by atoms with Crippen LogP contribution in [-0.4, -0.2) is 24.1 Å². The lowest BCUT2D eigenvalue weighted by atomic mass is 9.86. The van der Waals surface area contributed by atoms with Gasteiger partial charge < -0.3 is 9.64 Å². The number of likely N-dealkylation sites (tertiary alicyclic amines) is 1. The van der Waals surface area contributed by atoms with Crippen molar-refractivity contribution in [3.8, 4) is 5.75 Å². The van der Waals surface area contributed by atoms with Gasteiger partial charge in [-0.15, -0.1) is 0 Å². The maximum absolute atomic E-state index is 6.23. The van der Waals surface area contributed by atoms with Gasteiger partial charge in [-0.05, 0) is 30.0 Å². The van der Waals surface area contributed by atoms with Crippen molar-refractivity contribution in [2.75, 3.05) is 13.1 Å². The number of allylic oxidation sites excluding steroid dienone is 1. The zero-order valence-electron chi connectivity index (χ0n) is 15.5. The SMILES string of the molecule is C=C(CCC)CC(=C)N1CC(Oc2ccc(Cl)cc2C(C)(C)C)C1. The Bertz CT molecular complexity index is 609. The summed E-state index contributed by atoms with van der Waals surface area (Å²) in [6, 6.07) is 5.90. The third-order valence-corrected chi connectivity index (χ3v) is 4.63. The Morgan fingerprint density at radius 1 is 1.29 bits per heavy atom. The highest BCUT2D eigenvalue weighted by molar-refractivity contribution is 6.30. The molecule has 1 aromatic rings. The predicted molar refractivity (Wildman–Crippen MR) is 104 cm³/mol. The minimum absolute atomic E-state index is 0.00512. The van der Waals surface area contributed by atoms with E-state index in [0.29, 0.717) is 0 Å². The first kappa shape index (κ1) is 18.9. The Morgan fingerprint density at radius 2 is 1.96 bits per heavy atom. The monoisotopic (exact) mass is 347 g/mol. The Hall–Kier alpha value is -1.41. The van der Waals surface area contributed by atoms with E-state index < -0.39 is 0 Å². The largest absolute Gasteiger partial charge is 0.486 e. The van der Waals surface area contributed by atoms with E-state index in [9.17, 15) is 0 Å². The van der Waals surface area contributed by atoms with Crippen LogP contribution in [0.1, 0.15) is 52.5 Å². The average molecular weight is 348 g/mol. The van der Waals surface area contributed by atoms with Crippen molar-refractivity contribution in [1.29, 1.82) is 0 Å². The van der Waals surface area contributed by atoms with Crippen LogP contribution < -0.4 is 4.74 Å². The molecule has 0 amide bonds. The van der Waals surface area contributed by atoms with Crippen LogP contribution in [0.2, 0.25) is 5.02 Å². The Balaban J connectivity index is 1.92. The molecule has 1 saturated heterocycles.